The molecular weight excluding hydrogens is 354 g/mol. The molecule has 1 aromatic heterocycles. The number of carboxylic acid groups (broad SMARTS) is 1. The lowest BCUT2D eigenvalue weighted by molar-refractivity contribution is -0.139. The van der Waals surface area contributed by atoms with Crippen LogP contribution in [0.3, 0.4) is 0 Å². The number of carboxylic acids is 1. The van der Waals surface area contributed by atoms with Gasteiger partial charge in [0.1, 0.15) is 10.3 Å². The molecule has 8 heteroatoms. The number of aryl methyl sites for hydroxylation is 1. The topological polar surface area (TPSA) is 83.5 Å². The van der Waals surface area contributed by atoms with Crippen LogP contribution in [0, 0.1) is 12.8 Å². The predicted octanol–water partition coefficient (Wildman–Crippen LogP) is 2.60. The van der Waals surface area contributed by atoms with Crippen LogP contribution in [0.15, 0.2) is 14.1 Å². The molecule has 0 radical (unpaired) electrons. The first-order valence-corrected chi connectivity index (χ1v) is 8.74. The first-order chi connectivity index (χ1) is 8.63. The van der Waals surface area contributed by atoms with Crippen molar-refractivity contribution in [1.82, 2.24) is 4.72 Å². The molecule has 0 spiro atoms. The van der Waals surface area contributed by atoms with E-state index in [1.807, 2.05) is 13.8 Å². The predicted molar refractivity (Wildman–Crippen MR) is 78.0 cm³/mol. The lowest BCUT2D eigenvalue weighted by Gasteiger charge is -2.15. The Morgan fingerprint density at radius 2 is 2.11 bits per heavy atom. The Morgan fingerprint density at radius 1 is 1.53 bits per heavy atom. The van der Waals surface area contributed by atoms with Gasteiger partial charge >= 0.3 is 5.97 Å². The number of thiophene rings is 1. The Kier molecular flexibility index (Phi) is 5.54. The van der Waals surface area contributed by atoms with E-state index in [2.05, 4.69) is 20.7 Å². The molecule has 1 rings (SSSR count). The first-order valence-electron chi connectivity index (χ1n) is 5.64. The molecule has 0 saturated carbocycles. The molecule has 5 nitrogen and oxygen atoms in total. The molecule has 0 aliphatic heterocycles. The molecule has 0 aromatic carbocycles. The van der Waals surface area contributed by atoms with Crippen LogP contribution in [0.1, 0.15) is 25.8 Å². The number of sulfonamides is 1. The van der Waals surface area contributed by atoms with Crippen molar-refractivity contribution in [2.24, 2.45) is 5.92 Å². The maximum atomic E-state index is 12.1. The van der Waals surface area contributed by atoms with Gasteiger partial charge in [-0.2, -0.15) is 4.72 Å². The van der Waals surface area contributed by atoms with Gasteiger partial charge in [0, 0.05) is 0 Å². The Hall–Kier alpha value is -0.440. The van der Waals surface area contributed by atoms with Gasteiger partial charge in [-0.3, -0.25) is 4.79 Å². The molecule has 0 fully saturated rings. The van der Waals surface area contributed by atoms with Crippen molar-refractivity contribution < 1.29 is 18.3 Å². The minimum Gasteiger partial charge on any atom is -0.480 e. The summed E-state index contributed by atoms with van der Waals surface area (Å²) >= 11 is 4.32. The third-order valence-corrected chi connectivity index (χ3v) is 6.48. The average molecular weight is 370 g/mol. The minimum atomic E-state index is -3.79. The molecule has 1 atom stereocenters. The van der Waals surface area contributed by atoms with Crippen LogP contribution < -0.4 is 4.72 Å². The Labute approximate surface area is 125 Å². The number of halogens is 1. The van der Waals surface area contributed by atoms with Gasteiger partial charge in [0.15, 0.2) is 0 Å². The molecule has 108 valence electrons. The van der Waals surface area contributed by atoms with Crippen LogP contribution >= 0.6 is 27.3 Å². The van der Waals surface area contributed by atoms with Crippen molar-refractivity contribution in [3.8, 4) is 0 Å². The number of carbonyl (C=O) groups is 1. The summed E-state index contributed by atoms with van der Waals surface area (Å²) in [7, 11) is -3.79. The quantitative estimate of drug-likeness (QED) is 0.806. The second kappa shape index (κ2) is 6.34. The van der Waals surface area contributed by atoms with Crippen LogP contribution in [0.25, 0.3) is 0 Å². The van der Waals surface area contributed by atoms with Crippen molar-refractivity contribution in [2.75, 3.05) is 0 Å². The largest absolute Gasteiger partial charge is 0.480 e. The summed E-state index contributed by atoms with van der Waals surface area (Å²) in [6, 6.07) is 0.414. The van der Waals surface area contributed by atoms with Gasteiger partial charge in [-0.25, -0.2) is 8.42 Å². The normalized spacial score (nSPS) is 13.7. The van der Waals surface area contributed by atoms with E-state index in [1.54, 1.807) is 6.92 Å². The molecule has 19 heavy (non-hydrogen) atoms. The number of hydrogen-bond acceptors (Lipinski definition) is 4. The average Bonchev–Trinajstić information content (AvgIpc) is 2.58. The van der Waals surface area contributed by atoms with E-state index in [-0.39, 0.29) is 16.5 Å². The van der Waals surface area contributed by atoms with Crippen LogP contribution in [0.5, 0.6) is 0 Å². The fraction of sp³-hybridized carbons (Fsp3) is 0.545. The SMILES string of the molecule is Cc1cc(S(=O)(=O)N[C@H](CC(C)C)C(=O)O)sc1Br. The second-order valence-corrected chi connectivity index (χ2v) is 8.97. The highest BCUT2D eigenvalue weighted by Gasteiger charge is 2.27. The summed E-state index contributed by atoms with van der Waals surface area (Å²) in [5.74, 6) is -1.08. The summed E-state index contributed by atoms with van der Waals surface area (Å²) in [5, 5.41) is 9.06. The van der Waals surface area contributed by atoms with Crippen molar-refractivity contribution in [3.05, 3.63) is 15.4 Å². The zero-order valence-electron chi connectivity index (χ0n) is 10.8. The van der Waals surface area contributed by atoms with E-state index in [1.165, 1.54) is 6.07 Å². The highest BCUT2D eigenvalue weighted by molar-refractivity contribution is 9.11. The van der Waals surface area contributed by atoms with Crippen molar-refractivity contribution in [1.29, 1.82) is 0 Å². The zero-order valence-corrected chi connectivity index (χ0v) is 14.0. The van der Waals surface area contributed by atoms with E-state index >= 15 is 0 Å². The fourth-order valence-electron chi connectivity index (χ4n) is 1.48. The van der Waals surface area contributed by atoms with Crippen LogP contribution in [-0.2, 0) is 14.8 Å². The Bertz CT molecular complexity index is 546. The maximum Gasteiger partial charge on any atom is 0.321 e. The van der Waals surface area contributed by atoms with Gasteiger partial charge < -0.3 is 5.11 Å². The highest BCUT2D eigenvalue weighted by Crippen LogP contribution is 2.30. The van der Waals surface area contributed by atoms with Gasteiger partial charge in [0.05, 0.1) is 3.79 Å². The fourth-order valence-corrected chi connectivity index (χ4v) is 4.92. The Balaban J connectivity index is 2.97. The van der Waals surface area contributed by atoms with Crippen LogP contribution in [0.4, 0.5) is 0 Å². The molecular formula is C11H16BrNO4S2. The summed E-state index contributed by atoms with van der Waals surface area (Å²) in [6.07, 6.45) is 0.250. The molecule has 1 aromatic rings. The van der Waals surface area contributed by atoms with Gasteiger partial charge in [0.25, 0.3) is 10.0 Å². The number of nitrogens with one attached hydrogen (secondary N) is 1. The van der Waals surface area contributed by atoms with E-state index in [4.69, 9.17) is 5.11 Å². The minimum absolute atomic E-state index is 0.0839. The van der Waals surface area contributed by atoms with E-state index in [0.29, 0.717) is 0 Å². The summed E-state index contributed by atoms with van der Waals surface area (Å²) in [6.45, 7) is 5.47. The van der Waals surface area contributed by atoms with E-state index < -0.39 is 22.0 Å². The highest BCUT2D eigenvalue weighted by atomic mass is 79.9. The lowest BCUT2D eigenvalue weighted by Crippen LogP contribution is -2.41. The monoisotopic (exact) mass is 369 g/mol. The van der Waals surface area contributed by atoms with Crippen molar-refractivity contribution in [3.63, 3.8) is 0 Å². The van der Waals surface area contributed by atoms with Crippen LogP contribution in [-0.4, -0.2) is 25.5 Å². The van der Waals surface area contributed by atoms with E-state index in [0.717, 1.165) is 20.7 Å². The molecule has 0 bridgehead atoms. The Morgan fingerprint density at radius 3 is 2.47 bits per heavy atom. The molecule has 1 heterocycles. The third kappa shape index (κ3) is 4.55. The van der Waals surface area contributed by atoms with Crippen molar-refractivity contribution in [2.45, 2.75) is 37.4 Å². The van der Waals surface area contributed by atoms with Gasteiger partial charge in [-0.15, -0.1) is 11.3 Å². The zero-order chi connectivity index (χ0) is 14.8. The van der Waals surface area contributed by atoms with Crippen molar-refractivity contribution >= 4 is 43.3 Å². The molecule has 2 N–H and O–H groups in total. The molecule has 0 saturated heterocycles. The second-order valence-electron chi connectivity index (χ2n) is 4.66. The van der Waals surface area contributed by atoms with Gasteiger partial charge in [0.2, 0.25) is 0 Å². The molecule has 0 amide bonds. The standard InChI is InChI=1S/C11H16BrNO4S2/c1-6(2)4-8(11(14)15)13-19(16,17)9-5-7(3)10(12)18-9/h5-6,8,13H,4H2,1-3H3,(H,14,15)/t8-/m1/s1. The molecule has 0 unspecified atom stereocenters. The van der Waals surface area contributed by atoms with Crippen LogP contribution in [0.2, 0.25) is 0 Å². The summed E-state index contributed by atoms with van der Waals surface area (Å²) in [5.41, 5.74) is 0.807. The number of hydrogen-bond donors (Lipinski definition) is 2. The van der Waals surface area contributed by atoms with E-state index in [9.17, 15) is 13.2 Å². The maximum absolute atomic E-state index is 12.1. The molecule has 0 aliphatic carbocycles. The van der Waals surface area contributed by atoms with Gasteiger partial charge in [-0.1, -0.05) is 13.8 Å². The summed E-state index contributed by atoms with van der Waals surface area (Å²) < 4.78 is 27.3. The van der Waals surface area contributed by atoms with Gasteiger partial charge in [-0.05, 0) is 46.8 Å². The first kappa shape index (κ1) is 16.6. The number of rotatable bonds is 6. The lowest BCUT2D eigenvalue weighted by atomic mass is 10.1. The smallest absolute Gasteiger partial charge is 0.321 e. The third-order valence-electron chi connectivity index (χ3n) is 2.40. The summed E-state index contributed by atoms with van der Waals surface area (Å²) in [4.78, 5) is 11.1. The number of aliphatic carboxylic acids is 1. The molecule has 0 aliphatic rings.